The summed E-state index contributed by atoms with van der Waals surface area (Å²) in [6.45, 7) is 3.69. The predicted octanol–water partition coefficient (Wildman–Crippen LogP) is 3.32. The van der Waals surface area contributed by atoms with Crippen LogP contribution in [0.4, 0.5) is 0 Å². The quantitative estimate of drug-likeness (QED) is 0.866. The number of hydrogen-bond donors (Lipinski definition) is 1. The van der Waals surface area contributed by atoms with Gasteiger partial charge in [-0.05, 0) is 49.6 Å². The average molecular weight is 247 g/mol. The van der Waals surface area contributed by atoms with Gasteiger partial charge in [0.2, 0.25) is 0 Å². The maximum absolute atomic E-state index is 5.94. The van der Waals surface area contributed by atoms with Crippen LogP contribution in [0.5, 0.6) is 0 Å². The zero-order valence-corrected chi connectivity index (χ0v) is 11.3. The summed E-state index contributed by atoms with van der Waals surface area (Å²) in [5.41, 5.74) is 7.10. The first kappa shape index (κ1) is 13.6. The predicted molar refractivity (Wildman–Crippen MR) is 75.6 cm³/mol. The normalized spacial score (nSPS) is 25.9. The first-order chi connectivity index (χ1) is 8.79. The Morgan fingerprint density at radius 3 is 2.44 bits per heavy atom. The molecule has 1 aliphatic carbocycles. The molecule has 2 heteroatoms. The second-order valence-electron chi connectivity index (χ2n) is 5.56. The largest absolute Gasteiger partial charge is 0.378 e. The lowest BCUT2D eigenvalue weighted by Crippen LogP contribution is -2.25. The zero-order chi connectivity index (χ0) is 12.8. The number of ether oxygens (including phenoxy) is 1. The molecule has 1 fully saturated rings. The monoisotopic (exact) mass is 247 g/mol. The molecule has 0 bridgehead atoms. The van der Waals surface area contributed by atoms with Crippen molar-refractivity contribution in [3.05, 3.63) is 35.9 Å². The molecule has 2 rings (SSSR count). The van der Waals surface area contributed by atoms with E-state index in [1.165, 1.54) is 31.2 Å². The van der Waals surface area contributed by atoms with Crippen molar-refractivity contribution in [2.24, 2.45) is 11.7 Å². The molecule has 0 saturated heterocycles. The van der Waals surface area contributed by atoms with Gasteiger partial charge in [-0.2, -0.15) is 0 Å². The molecule has 0 spiro atoms. The van der Waals surface area contributed by atoms with Crippen molar-refractivity contribution in [3.8, 4) is 0 Å². The Morgan fingerprint density at radius 2 is 1.83 bits per heavy atom. The van der Waals surface area contributed by atoms with E-state index < -0.39 is 0 Å². The van der Waals surface area contributed by atoms with Crippen molar-refractivity contribution < 1.29 is 4.74 Å². The van der Waals surface area contributed by atoms with Crippen LogP contribution in [0.1, 0.15) is 44.1 Å². The van der Waals surface area contributed by atoms with Crippen molar-refractivity contribution in [1.29, 1.82) is 0 Å². The molecule has 1 unspecified atom stereocenters. The molecule has 2 N–H and O–H groups in total. The molecule has 1 saturated carbocycles. The van der Waals surface area contributed by atoms with Gasteiger partial charge in [-0.25, -0.2) is 0 Å². The Balaban J connectivity index is 1.75. The van der Waals surface area contributed by atoms with Crippen LogP contribution in [0.3, 0.4) is 0 Å². The minimum Gasteiger partial charge on any atom is -0.378 e. The van der Waals surface area contributed by atoms with E-state index in [0.717, 1.165) is 19.1 Å². The smallest absolute Gasteiger partial charge is 0.0575 e. The van der Waals surface area contributed by atoms with Crippen molar-refractivity contribution >= 4 is 0 Å². The molecule has 1 aliphatic rings. The van der Waals surface area contributed by atoms with Gasteiger partial charge in [0, 0.05) is 0 Å². The van der Waals surface area contributed by atoms with E-state index in [4.69, 9.17) is 10.5 Å². The number of hydrogen-bond acceptors (Lipinski definition) is 2. The Labute approximate surface area is 111 Å². The fourth-order valence-corrected chi connectivity index (χ4v) is 2.66. The van der Waals surface area contributed by atoms with Crippen molar-refractivity contribution in [1.82, 2.24) is 0 Å². The second kappa shape index (κ2) is 6.91. The van der Waals surface area contributed by atoms with Crippen LogP contribution in [0.2, 0.25) is 0 Å². The van der Waals surface area contributed by atoms with Gasteiger partial charge in [0.25, 0.3) is 0 Å². The molecule has 100 valence electrons. The molecular formula is C16H25NO. The van der Waals surface area contributed by atoms with Gasteiger partial charge in [-0.1, -0.05) is 37.3 Å². The highest BCUT2D eigenvalue weighted by Gasteiger charge is 2.22. The molecule has 0 amide bonds. The van der Waals surface area contributed by atoms with Gasteiger partial charge in [0.15, 0.2) is 0 Å². The standard InChI is InChI=1S/C16H25NO/c1-13(11-17)12-18-16-9-7-15(8-10-16)14-5-3-2-4-6-14/h2-6,13,15-16H,7-12,17H2,1H3. The minimum absolute atomic E-state index is 0.457. The first-order valence-corrected chi connectivity index (χ1v) is 7.16. The molecule has 1 aromatic carbocycles. The minimum atomic E-state index is 0.457. The SMILES string of the molecule is CC(CN)COC1CCC(c2ccccc2)CC1. The van der Waals surface area contributed by atoms with E-state index in [9.17, 15) is 0 Å². The summed E-state index contributed by atoms with van der Waals surface area (Å²) in [7, 11) is 0. The molecule has 1 aromatic rings. The van der Waals surface area contributed by atoms with E-state index in [0.29, 0.717) is 12.0 Å². The number of benzene rings is 1. The number of nitrogens with two attached hydrogens (primary N) is 1. The topological polar surface area (TPSA) is 35.2 Å². The van der Waals surface area contributed by atoms with Crippen LogP contribution in [0, 0.1) is 5.92 Å². The Hall–Kier alpha value is -0.860. The van der Waals surface area contributed by atoms with Crippen LogP contribution in [0.25, 0.3) is 0 Å². The van der Waals surface area contributed by atoms with Crippen LogP contribution < -0.4 is 5.73 Å². The molecule has 1 atom stereocenters. The van der Waals surface area contributed by atoms with E-state index in [1.54, 1.807) is 0 Å². The van der Waals surface area contributed by atoms with Crippen LogP contribution >= 0.6 is 0 Å². The van der Waals surface area contributed by atoms with Gasteiger partial charge >= 0.3 is 0 Å². The third-order valence-corrected chi connectivity index (χ3v) is 3.96. The fourth-order valence-electron chi connectivity index (χ4n) is 2.66. The lowest BCUT2D eigenvalue weighted by atomic mass is 9.83. The molecule has 0 aliphatic heterocycles. The summed E-state index contributed by atoms with van der Waals surface area (Å²) >= 11 is 0. The third kappa shape index (κ3) is 3.82. The van der Waals surface area contributed by atoms with Crippen LogP contribution in [-0.4, -0.2) is 19.3 Å². The van der Waals surface area contributed by atoms with E-state index in [1.807, 2.05) is 0 Å². The molecule has 0 radical (unpaired) electrons. The first-order valence-electron chi connectivity index (χ1n) is 7.16. The highest BCUT2D eigenvalue weighted by Crippen LogP contribution is 2.33. The summed E-state index contributed by atoms with van der Waals surface area (Å²) in [6, 6.07) is 10.9. The molecule has 18 heavy (non-hydrogen) atoms. The average Bonchev–Trinajstić information content (AvgIpc) is 2.46. The summed E-state index contributed by atoms with van der Waals surface area (Å²) < 4.78 is 5.94. The Bertz CT molecular complexity index is 330. The number of rotatable bonds is 5. The molecule has 0 aromatic heterocycles. The van der Waals surface area contributed by atoms with Crippen molar-refractivity contribution in [2.45, 2.75) is 44.6 Å². The van der Waals surface area contributed by atoms with Crippen molar-refractivity contribution in [3.63, 3.8) is 0 Å². The molecule has 0 heterocycles. The van der Waals surface area contributed by atoms with Gasteiger partial charge in [-0.3, -0.25) is 0 Å². The molecular weight excluding hydrogens is 222 g/mol. The summed E-state index contributed by atoms with van der Waals surface area (Å²) in [5, 5.41) is 0. The van der Waals surface area contributed by atoms with Gasteiger partial charge in [-0.15, -0.1) is 0 Å². The lowest BCUT2D eigenvalue weighted by molar-refractivity contribution is 0.00899. The fraction of sp³-hybridized carbons (Fsp3) is 0.625. The summed E-state index contributed by atoms with van der Waals surface area (Å²) in [6.07, 6.45) is 5.35. The zero-order valence-electron chi connectivity index (χ0n) is 11.3. The van der Waals surface area contributed by atoms with E-state index in [-0.39, 0.29) is 0 Å². The maximum Gasteiger partial charge on any atom is 0.0575 e. The Morgan fingerprint density at radius 1 is 1.17 bits per heavy atom. The highest BCUT2D eigenvalue weighted by molar-refractivity contribution is 5.19. The van der Waals surface area contributed by atoms with E-state index >= 15 is 0 Å². The molecule has 2 nitrogen and oxygen atoms in total. The third-order valence-electron chi connectivity index (χ3n) is 3.96. The van der Waals surface area contributed by atoms with Crippen LogP contribution in [-0.2, 0) is 4.74 Å². The van der Waals surface area contributed by atoms with E-state index in [2.05, 4.69) is 37.3 Å². The Kier molecular flexibility index (Phi) is 5.21. The lowest BCUT2D eigenvalue weighted by Gasteiger charge is -2.29. The van der Waals surface area contributed by atoms with Gasteiger partial charge in [0.05, 0.1) is 12.7 Å². The van der Waals surface area contributed by atoms with Crippen molar-refractivity contribution in [2.75, 3.05) is 13.2 Å². The van der Waals surface area contributed by atoms with Crippen LogP contribution in [0.15, 0.2) is 30.3 Å². The highest BCUT2D eigenvalue weighted by atomic mass is 16.5. The van der Waals surface area contributed by atoms with Gasteiger partial charge in [0.1, 0.15) is 0 Å². The maximum atomic E-state index is 5.94. The summed E-state index contributed by atoms with van der Waals surface area (Å²) in [5.74, 6) is 1.22. The van der Waals surface area contributed by atoms with Gasteiger partial charge < -0.3 is 10.5 Å². The second-order valence-corrected chi connectivity index (χ2v) is 5.56. The summed E-state index contributed by atoms with van der Waals surface area (Å²) in [4.78, 5) is 0.